The van der Waals surface area contributed by atoms with E-state index in [-0.39, 0.29) is 6.04 Å². The largest absolute Gasteiger partial charge is 0.324 e. The third-order valence-electron chi connectivity index (χ3n) is 4.13. The summed E-state index contributed by atoms with van der Waals surface area (Å²) >= 11 is 5.99. The summed E-state index contributed by atoms with van der Waals surface area (Å²) in [6.45, 7) is 2.08. The molecule has 0 radical (unpaired) electrons. The molecule has 2 unspecified atom stereocenters. The van der Waals surface area contributed by atoms with Gasteiger partial charge in [-0.2, -0.15) is 0 Å². The molecule has 0 spiro atoms. The molecule has 2 atom stereocenters. The Balaban J connectivity index is 1.75. The summed E-state index contributed by atoms with van der Waals surface area (Å²) in [6.07, 6.45) is 2.18. The van der Waals surface area contributed by atoms with E-state index in [1.54, 1.807) is 0 Å². The first-order chi connectivity index (χ1) is 9.15. The van der Waals surface area contributed by atoms with Crippen LogP contribution in [-0.4, -0.2) is 0 Å². The van der Waals surface area contributed by atoms with Gasteiger partial charge in [0.1, 0.15) is 0 Å². The highest BCUT2D eigenvalue weighted by molar-refractivity contribution is 6.30. The van der Waals surface area contributed by atoms with Crippen molar-refractivity contribution in [3.8, 4) is 0 Å². The topological polar surface area (TPSA) is 26.0 Å². The van der Waals surface area contributed by atoms with E-state index in [1.165, 1.54) is 22.3 Å². The second kappa shape index (κ2) is 4.99. The van der Waals surface area contributed by atoms with Crippen LogP contribution in [0.15, 0.2) is 42.5 Å². The summed E-state index contributed by atoms with van der Waals surface area (Å²) in [4.78, 5) is 0. The van der Waals surface area contributed by atoms with E-state index in [0.29, 0.717) is 5.92 Å². The zero-order valence-corrected chi connectivity index (χ0v) is 11.8. The second-order valence-electron chi connectivity index (χ2n) is 5.44. The number of nitrogens with two attached hydrogens (primary N) is 1. The minimum absolute atomic E-state index is 0.0932. The van der Waals surface area contributed by atoms with Gasteiger partial charge in [0, 0.05) is 11.1 Å². The Morgan fingerprint density at radius 3 is 2.79 bits per heavy atom. The van der Waals surface area contributed by atoms with Crippen LogP contribution in [0.5, 0.6) is 0 Å². The summed E-state index contributed by atoms with van der Waals surface area (Å²) in [7, 11) is 0. The number of hydrogen-bond acceptors (Lipinski definition) is 1. The maximum Gasteiger partial charge on any atom is 0.0408 e. The molecule has 0 amide bonds. The molecule has 1 nitrogen and oxygen atoms in total. The molecule has 98 valence electrons. The predicted molar refractivity (Wildman–Crippen MR) is 80.6 cm³/mol. The van der Waals surface area contributed by atoms with Crippen LogP contribution in [0.25, 0.3) is 0 Å². The average Bonchev–Trinajstić information content (AvgIpc) is 2.35. The van der Waals surface area contributed by atoms with E-state index in [2.05, 4.69) is 37.3 Å². The fourth-order valence-electron chi connectivity index (χ4n) is 3.06. The first-order valence-electron chi connectivity index (χ1n) is 6.74. The van der Waals surface area contributed by atoms with Gasteiger partial charge in [-0.15, -0.1) is 0 Å². The Hall–Kier alpha value is -1.31. The molecule has 19 heavy (non-hydrogen) atoms. The molecular weight excluding hydrogens is 254 g/mol. The minimum atomic E-state index is 0.0932. The molecular formula is C17H18ClN. The molecule has 3 rings (SSSR count). The van der Waals surface area contributed by atoms with E-state index < -0.39 is 0 Å². The summed E-state index contributed by atoms with van der Waals surface area (Å²) in [6, 6.07) is 14.7. The van der Waals surface area contributed by atoms with Crippen LogP contribution in [-0.2, 0) is 6.42 Å². The van der Waals surface area contributed by atoms with Gasteiger partial charge in [-0.05, 0) is 60.1 Å². The predicted octanol–water partition coefficient (Wildman–Crippen LogP) is 4.38. The van der Waals surface area contributed by atoms with Gasteiger partial charge in [0.2, 0.25) is 0 Å². The number of benzene rings is 2. The van der Waals surface area contributed by atoms with E-state index in [1.807, 2.05) is 12.1 Å². The van der Waals surface area contributed by atoms with Crippen LogP contribution in [0.4, 0.5) is 0 Å². The lowest BCUT2D eigenvalue weighted by Crippen LogP contribution is -2.23. The molecule has 0 saturated carbocycles. The minimum Gasteiger partial charge on any atom is -0.324 e. The summed E-state index contributed by atoms with van der Waals surface area (Å²) < 4.78 is 0. The van der Waals surface area contributed by atoms with E-state index in [4.69, 9.17) is 17.3 Å². The third-order valence-corrected chi connectivity index (χ3v) is 4.37. The SMILES string of the molecule is Cc1cc(Cl)ccc1C(N)CC1Cc2ccccc21. The van der Waals surface area contributed by atoms with Crippen LogP contribution in [0, 0.1) is 6.92 Å². The van der Waals surface area contributed by atoms with E-state index in [9.17, 15) is 0 Å². The van der Waals surface area contributed by atoms with E-state index >= 15 is 0 Å². The Morgan fingerprint density at radius 2 is 2.05 bits per heavy atom. The maximum absolute atomic E-state index is 6.37. The van der Waals surface area contributed by atoms with Crippen molar-refractivity contribution in [2.45, 2.75) is 31.7 Å². The Morgan fingerprint density at radius 1 is 1.26 bits per heavy atom. The van der Waals surface area contributed by atoms with Crippen molar-refractivity contribution in [3.05, 3.63) is 69.7 Å². The normalized spacial score (nSPS) is 18.6. The van der Waals surface area contributed by atoms with Gasteiger partial charge >= 0.3 is 0 Å². The van der Waals surface area contributed by atoms with Crippen molar-refractivity contribution < 1.29 is 0 Å². The highest BCUT2D eigenvalue weighted by Crippen LogP contribution is 2.40. The monoisotopic (exact) mass is 271 g/mol. The molecule has 0 heterocycles. The smallest absolute Gasteiger partial charge is 0.0408 e. The molecule has 2 aromatic rings. The molecule has 0 bridgehead atoms. The van der Waals surface area contributed by atoms with Crippen LogP contribution in [0.3, 0.4) is 0 Å². The Bertz CT molecular complexity index is 606. The van der Waals surface area contributed by atoms with Gasteiger partial charge in [0.25, 0.3) is 0 Å². The lowest BCUT2D eigenvalue weighted by Gasteiger charge is -2.32. The van der Waals surface area contributed by atoms with Gasteiger partial charge in [0.05, 0.1) is 0 Å². The highest BCUT2D eigenvalue weighted by atomic mass is 35.5. The molecule has 0 fully saturated rings. The summed E-state index contributed by atoms with van der Waals surface area (Å²) in [5.74, 6) is 0.612. The molecule has 2 heteroatoms. The Labute approximate surface area is 119 Å². The quantitative estimate of drug-likeness (QED) is 0.881. The van der Waals surface area contributed by atoms with Gasteiger partial charge in [-0.3, -0.25) is 0 Å². The van der Waals surface area contributed by atoms with Crippen LogP contribution in [0.2, 0.25) is 5.02 Å². The summed E-state index contributed by atoms with van der Waals surface area (Å²) in [5.41, 5.74) is 11.7. The fraction of sp³-hybridized carbons (Fsp3) is 0.294. The standard InChI is InChI=1S/C17H18ClN/c1-11-8-14(18)6-7-15(11)17(19)10-13-9-12-4-2-3-5-16(12)13/h2-8,13,17H,9-10,19H2,1H3. The zero-order chi connectivity index (χ0) is 13.4. The van der Waals surface area contributed by atoms with Crippen molar-refractivity contribution in [2.24, 2.45) is 5.73 Å². The number of aryl methyl sites for hydroxylation is 1. The molecule has 1 aliphatic rings. The van der Waals surface area contributed by atoms with Crippen LogP contribution < -0.4 is 5.73 Å². The van der Waals surface area contributed by atoms with Gasteiger partial charge < -0.3 is 5.73 Å². The van der Waals surface area contributed by atoms with Crippen molar-refractivity contribution in [2.75, 3.05) is 0 Å². The first kappa shape index (κ1) is 12.7. The van der Waals surface area contributed by atoms with Crippen LogP contribution in [0.1, 0.15) is 40.6 Å². The number of hydrogen-bond donors (Lipinski definition) is 1. The molecule has 2 N–H and O–H groups in total. The number of rotatable bonds is 3. The van der Waals surface area contributed by atoms with Gasteiger partial charge in [0.15, 0.2) is 0 Å². The third kappa shape index (κ3) is 2.41. The van der Waals surface area contributed by atoms with Crippen LogP contribution >= 0.6 is 11.6 Å². The van der Waals surface area contributed by atoms with Crippen molar-refractivity contribution in [1.82, 2.24) is 0 Å². The maximum atomic E-state index is 6.37. The number of halogens is 1. The first-order valence-corrected chi connectivity index (χ1v) is 7.12. The zero-order valence-electron chi connectivity index (χ0n) is 11.1. The van der Waals surface area contributed by atoms with Crippen molar-refractivity contribution >= 4 is 11.6 Å². The van der Waals surface area contributed by atoms with Gasteiger partial charge in [-0.1, -0.05) is 41.9 Å². The number of fused-ring (bicyclic) bond motifs is 1. The second-order valence-corrected chi connectivity index (χ2v) is 5.88. The lowest BCUT2D eigenvalue weighted by molar-refractivity contribution is 0.497. The average molecular weight is 272 g/mol. The highest BCUT2D eigenvalue weighted by Gasteiger charge is 2.27. The molecule has 0 aromatic heterocycles. The lowest BCUT2D eigenvalue weighted by atomic mass is 9.73. The fourth-order valence-corrected chi connectivity index (χ4v) is 3.29. The summed E-state index contributed by atoms with van der Waals surface area (Å²) in [5, 5.41) is 0.780. The van der Waals surface area contributed by atoms with E-state index in [0.717, 1.165) is 17.9 Å². The Kier molecular flexibility index (Phi) is 3.34. The molecule has 0 saturated heterocycles. The van der Waals surface area contributed by atoms with Crippen molar-refractivity contribution in [1.29, 1.82) is 0 Å². The molecule has 1 aliphatic carbocycles. The molecule has 2 aromatic carbocycles. The van der Waals surface area contributed by atoms with Crippen molar-refractivity contribution in [3.63, 3.8) is 0 Å². The van der Waals surface area contributed by atoms with Gasteiger partial charge in [-0.25, -0.2) is 0 Å². The molecule has 0 aliphatic heterocycles.